The van der Waals surface area contributed by atoms with Crippen LogP contribution in [0.3, 0.4) is 0 Å². The fourth-order valence-electron chi connectivity index (χ4n) is 5.44. The topological polar surface area (TPSA) is 235 Å². The van der Waals surface area contributed by atoms with Gasteiger partial charge >= 0.3 is 21.1 Å². The molecule has 3 aromatic heterocycles. The summed E-state index contributed by atoms with van der Waals surface area (Å²) in [6.07, 6.45) is 8.18. The van der Waals surface area contributed by atoms with Gasteiger partial charge in [0.05, 0.1) is 53.6 Å². The van der Waals surface area contributed by atoms with Crippen LogP contribution in [0.2, 0.25) is 0 Å². The lowest BCUT2D eigenvalue weighted by Crippen LogP contribution is -2.41. The lowest BCUT2D eigenvalue weighted by molar-refractivity contribution is 0.00578. The number of hydrogen-bond donors (Lipinski definition) is 1. The molecule has 3 saturated heterocycles. The molecular weight excluding hydrogens is 1110 g/mol. The van der Waals surface area contributed by atoms with Gasteiger partial charge in [-0.15, -0.1) is 0 Å². The lowest BCUT2D eigenvalue weighted by atomic mass is 9.49. The summed E-state index contributed by atoms with van der Waals surface area (Å²) in [6, 6.07) is 9.23. The first-order valence-electron chi connectivity index (χ1n) is 22.2. The van der Waals surface area contributed by atoms with Crippen molar-refractivity contribution >= 4 is 88.0 Å². The predicted molar refractivity (Wildman–Crippen MR) is 283 cm³/mol. The van der Waals surface area contributed by atoms with E-state index in [2.05, 4.69) is 43.4 Å². The molecule has 1 N–H and O–H groups in total. The van der Waals surface area contributed by atoms with Crippen molar-refractivity contribution in [2.24, 2.45) is 0 Å². The minimum atomic E-state index is -3.13. The van der Waals surface area contributed by atoms with Crippen molar-refractivity contribution in [2.45, 2.75) is 130 Å². The van der Waals surface area contributed by atoms with E-state index in [0.717, 1.165) is 33.1 Å². The molecule has 0 radical (unpaired) electrons. The van der Waals surface area contributed by atoms with E-state index in [0.29, 0.717) is 5.46 Å². The number of hydrogen-bond acceptors (Lipinski definition) is 15. The summed E-state index contributed by atoms with van der Waals surface area (Å²) < 4.78 is 120. The normalized spacial score (nSPS) is 19.2. The molecule has 0 spiro atoms. The van der Waals surface area contributed by atoms with Gasteiger partial charge in [0, 0.05) is 83.0 Å². The van der Waals surface area contributed by atoms with Crippen LogP contribution in [-0.4, -0.2) is 132 Å². The summed E-state index contributed by atoms with van der Waals surface area (Å²) in [5.41, 5.74) is -2.19. The third kappa shape index (κ3) is 21.0. The van der Waals surface area contributed by atoms with E-state index in [4.69, 9.17) is 29.3 Å². The van der Waals surface area contributed by atoms with E-state index in [1.54, 1.807) is 36.8 Å². The fraction of sp³-hybridized carbons (Fsp3) is 0.605. The molecule has 0 bridgehead atoms. The highest BCUT2D eigenvalue weighted by Crippen LogP contribution is 2.43. The number of rotatable bonds is 9. The number of aromatic amines is 1. The molecule has 0 unspecified atom stereocenters. The zero-order valence-corrected chi connectivity index (χ0v) is 48.2. The van der Waals surface area contributed by atoms with Gasteiger partial charge < -0.3 is 42.0 Å². The second kappa shape index (κ2) is 25.5. The number of aryl methyl sites for hydroxylation is 2. The molecule has 3 aliphatic rings. The van der Waals surface area contributed by atoms with Gasteiger partial charge in [0.15, 0.2) is 9.84 Å². The van der Waals surface area contributed by atoms with Crippen LogP contribution in [0.25, 0.3) is 0 Å². The molecule has 6 rings (SSSR count). The molecule has 0 atom stereocenters. The average Bonchev–Trinajstić information content (AvgIpc) is 3.68. The summed E-state index contributed by atoms with van der Waals surface area (Å²) in [5.74, 6) is -0.108. The van der Waals surface area contributed by atoms with Crippen molar-refractivity contribution < 1.29 is 58.9 Å². The number of sulfone groups is 3. The van der Waals surface area contributed by atoms with E-state index in [1.807, 2.05) is 83.1 Å². The standard InChI is InChI=1S/C14H22BNO5S.C12H24B2O4.C8H10BrNO3S.C5H4BrNO.C3H6O2S.CH3F/c1-13(2)14(3,4)21-15(20-13)11-6-7-12(17)16(10-11)8-9-22(5,18)19;1-9(2)10(3,4)16-13(15-9)14-17-11(5,6)12(7,8)18-14;1-14(12,13)5-4-10-6-7(9)2-3-8(10)11;6-4-1-2-5(8)7-3-4;1-3-6(2,4)5;1-2/h6-7,10H,8-9H2,1-5H3;1-8H3;2-3,6H,4-5H2,1H3;1-3H,(H,7,8);3H,1H2,2H3;1H3/i;;;;;1D. The highest BCUT2D eigenvalue weighted by Gasteiger charge is 2.63. The molecule has 0 saturated carbocycles. The molecule has 0 aliphatic carbocycles. The molecule has 394 valence electrons. The first-order valence-corrected chi connectivity index (χ1v) is 29.1. The molecule has 0 amide bonds. The highest BCUT2D eigenvalue weighted by molar-refractivity contribution is 9.10. The van der Waals surface area contributed by atoms with Gasteiger partial charge in [-0.05, 0) is 133 Å². The molecule has 70 heavy (non-hydrogen) atoms. The third-order valence-electron chi connectivity index (χ3n) is 11.7. The molecule has 3 aromatic rings. The first-order chi connectivity index (χ1) is 31.9. The number of aromatic nitrogens is 3. The van der Waals surface area contributed by atoms with Crippen molar-refractivity contribution in [3.05, 3.63) is 107 Å². The number of H-pyrrole nitrogens is 1. The summed E-state index contributed by atoms with van der Waals surface area (Å²) in [4.78, 5) is 35.9. The molecule has 3 fully saturated rings. The second-order valence-corrected chi connectivity index (χ2v) is 27.7. The lowest BCUT2D eigenvalue weighted by Gasteiger charge is -2.32. The van der Waals surface area contributed by atoms with Crippen LogP contribution in [0, 0.1) is 0 Å². The fourth-order valence-corrected chi connectivity index (χ4v) is 7.12. The Morgan fingerprint density at radius 1 is 0.614 bits per heavy atom. The van der Waals surface area contributed by atoms with Crippen LogP contribution < -0.4 is 22.1 Å². The van der Waals surface area contributed by atoms with Crippen LogP contribution in [0.15, 0.2) is 90.3 Å². The van der Waals surface area contributed by atoms with E-state index in [9.17, 15) is 44.0 Å². The van der Waals surface area contributed by atoms with Gasteiger partial charge in [-0.2, -0.15) is 0 Å². The minimum absolute atomic E-state index is 0.0244. The number of pyridine rings is 3. The summed E-state index contributed by atoms with van der Waals surface area (Å²) in [7, 11) is -11.6. The van der Waals surface area contributed by atoms with E-state index < -0.39 is 69.0 Å². The number of alkyl halides is 1. The Labute approximate surface area is 432 Å². The maximum atomic E-state index is 11.8. The van der Waals surface area contributed by atoms with Crippen molar-refractivity contribution in [1.29, 1.82) is 0 Å². The zero-order chi connectivity index (χ0) is 55.4. The Hall–Kier alpha value is -2.72. The Balaban J connectivity index is 0.000000464. The summed E-state index contributed by atoms with van der Waals surface area (Å²) >= 11 is 6.38. The molecule has 0 aromatic carbocycles. The average molecular weight is 1180 g/mol. The van der Waals surface area contributed by atoms with Crippen LogP contribution in [0.5, 0.6) is 0 Å². The van der Waals surface area contributed by atoms with Crippen molar-refractivity contribution in [3.63, 3.8) is 0 Å². The van der Waals surface area contributed by atoms with Crippen molar-refractivity contribution in [2.75, 3.05) is 37.4 Å². The Morgan fingerprint density at radius 2 is 0.943 bits per heavy atom. The maximum Gasteiger partial charge on any atom is 0.496 e. The third-order valence-corrected chi connectivity index (χ3v) is 15.1. The Bertz CT molecular complexity index is 2660. The first kappa shape index (κ1) is 63.4. The molecular formula is C43H69B3Br2FN3O15S3. The van der Waals surface area contributed by atoms with Gasteiger partial charge in [-0.25, -0.2) is 25.3 Å². The number of nitrogens with one attached hydrogen (secondary N) is 1. The monoisotopic (exact) mass is 1170 g/mol. The number of halogens is 3. The molecule has 6 heterocycles. The van der Waals surface area contributed by atoms with E-state index >= 15 is 0 Å². The summed E-state index contributed by atoms with van der Waals surface area (Å²) in [5, 5.41) is 0.910. The Morgan fingerprint density at radius 3 is 1.26 bits per heavy atom. The Kier molecular flexibility index (Phi) is 23.1. The van der Waals surface area contributed by atoms with E-state index in [-0.39, 0.29) is 63.7 Å². The SMILES string of the molecule is C=CS(C)(=O)=O.CC1(C)OB(B2OC(C)(C)C(C)(C)O2)OC1(C)C.CC1(C)OB(c2ccc(=O)n(CCS(C)(=O)=O)c2)OC1(C)C.CS(=O)(=O)CCn1cc(Br)ccc1=O.O=c1ccc(Br)c[nH]1.[2H]CF. The van der Waals surface area contributed by atoms with Crippen LogP contribution >= 0.6 is 31.9 Å². The van der Waals surface area contributed by atoms with Crippen molar-refractivity contribution in [1.82, 2.24) is 14.1 Å². The van der Waals surface area contributed by atoms with Gasteiger partial charge in [0.2, 0.25) is 11.1 Å². The van der Waals surface area contributed by atoms with Gasteiger partial charge in [0.25, 0.3) is 5.56 Å². The van der Waals surface area contributed by atoms with Crippen LogP contribution in [-0.2, 0) is 70.5 Å². The highest BCUT2D eigenvalue weighted by atomic mass is 79.9. The molecule has 27 heteroatoms. The largest absolute Gasteiger partial charge is 0.496 e. The quantitative estimate of drug-likeness (QED) is 0.278. The zero-order valence-electron chi connectivity index (χ0n) is 43.6. The van der Waals surface area contributed by atoms with Gasteiger partial charge in [-0.3, -0.25) is 18.8 Å². The van der Waals surface area contributed by atoms with Gasteiger partial charge in [0.1, 0.15) is 19.7 Å². The minimum Gasteiger partial charge on any atom is -0.405 e. The van der Waals surface area contributed by atoms with Crippen molar-refractivity contribution in [3.8, 4) is 0 Å². The van der Waals surface area contributed by atoms with Gasteiger partial charge in [-0.1, -0.05) is 12.6 Å². The van der Waals surface area contributed by atoms with Crippen LogP contribution in [0.4, 0.5) is 4.39 Å². The van der Waals surface area contributed by atoms with E-state index in [1.165, 1.54) is 27.3 Å². The molecule has 3 aliphatic heterocycles. The van der Waals surface area contributed by atoms with Crippen LogP contribution in [0.1, 0.15) is 84.5 Å². The smallest absolute Gasteiger partial charge is 0.405 e. The molecule has 18 nitrogen and oxygen atoms in total. The second-order valence-electron chi connectivity index (χ2n) is 19.3. The predicted octanol–water partition coefficient (Wildman–Crippen LogP) is 4.99. The maximum absolute atomic E-state index is 11.8. The number of nitrogens with zero attached hydrogens (tertiary/aromatic N) is 2. The summed E-state index contributed by atoms with van der Waals surface area (Å²) in [6.45, 7) is 27.4.